The van der Waals surface area contributed by atoms with Gasteiger partial charge in [-0.25, -0.2) is 4.39 Å². The molecule has 0 unspecified atom stereocenters. The largest absolute Gasteiger partial charge is 0.348 e. The van der Waals surface area contributed by atoms with Crippen LogP contribution in [0.4, 0.5) is 4.39 Å². The maximum Gasteiger partial charge on any atom is 0.252 e. The number of rotatable bonds is 3. The van der Waals surface area contributed by atoms with Crippen molar-refractivity contribution in [1.82, 2.24) is 5.32 Å². The lowest BCUT2D eigenvalue weighted by Gasteiger charge is -2.07. The average molecular weight is 282 g/mol. The second kappa shape index (κ2) is 7.22. The first-order valence-electron chi connectivity index (χ1n) is 6.52. The second-order valence-corrected chi connectivity index (χ2v) is 4.33. The fraction of sp³-hybridized carbons (Fsp3) is 0.118. The Morgan fingerprint density at radius 1 is 1.14 bits per heavy atom. The second-order valence-electron chi connectivity index (χ2n) is 4.33. The summed E-state index contributed by atoms with van der Waals surface area (Å²) in [7, 11) is 0. The monoisotopic (exact) mass is 282 g/mol. The summed E-state index contributed by atoms with van der Waals surface area (Å²) >= 11 is 0. The van der Waals surface area contributed by atoms with Gasteiger partial charge in [0.05, 0.1) is 12.1 Å². The standard InChI is InChI=1S/C17H15FN2O/c18-16-10-4-2-7-14(16)12-20-17(21)15-9-3-1-6-13(15)8-5-11-19/h1-4,6-7,9-10H,11-12,19H2,(H,20,21). The third kappa shape index (κ3) is 3.91. The van der Waals surface area contributed by atoms with E-state index in [1.54, 1.807) is 42.5 Å². The third-order valence-electron chi connectivity index (χ3n) is 2.89. The highest BCUT2D eigenvalue weighted by Gasteiger charge is 2.10. The lowest BCUT2D eigenvalue weighted by atomic mass is 10.1. The molecule has 0 atom stereocenters. The molecule has 0 radical (unpaired) electrons. The summed E-state index contributed by atoms with van der Waals surface area (Å²) in [4.78, 5) is 12.2. The van der Waals surface area contributed by atoms with Crippen molar-refractivity contribution in [3.05, 3.63) is 71.0 Å². The molecule has 106 valence electrons. The molecule has 0 fully saturated rings. The molecule has 2 aromatic rings. The first kappa shape index (κ1) is 14.8. The lowest BCUT2D eigenvalue weighted by molar-refractivity contribution is 0.0950. The topological polar surface area (TPSA) is 55.1 Å². The zero-order chi connectivity index (χ0) is 15.1. The van der Waals surface area contributed by atoms with Gasteiger partial charge in [-0.2, -0.15) is 0 Å². The average Bonchev–Trinajstić information content (AvgIpc) is 2.52. The van der Waals surface area contributed by atoms with Gasteiger partial charge in [0.1, 0.15) is 5.82 Å². The Labute approximate surface area is 123 Å². The van der Waals surface area contributed by atoms with Gasteiger partial charge in [-0.3, -0.25) is 4.79 Å². The summed E-state index contributed by atoms with van der Waals surface area (Å²) in [5, 5.41) is 2.69. The van der Waals surface area contributed by atoms with Crippen LogP contribution in [-0.4, -0.2) is 12.5 Å². The summed E-state index contributed by atoms with van der Waals surface area (Å²) in [5.41, 5.74) is 6.84. The van der Waals surface area contributed by atoms with E-state index in [4.69, 9.17) is 5.73 Å². The number of halogens is 1. The Morgan fingerprint density at radius 2 is 1.86 bits per heavy atom. The van der Waals surface area contributed by atoms with Crippen molar-refractivity contribution in [2.45, 2.75) is 6.54 Å². The summed E-state index contributed by atoms with van der Waals surface area (Å²) in [6.07, 6.45) is 0. The zero-order valence-electron chi connectivity index (χ0n) is 11.4. The summed E-state index contributed by atoms with van der Waals surface area (Å²) in [6, 6.07) is 13.3. The Balaban J connectivity index is 2.12. The van der Waals surface area contributed by atoms with Gasteiger partial charge in [-0.05, 0) is 18.2 Å². The molecule has 0 heterocycles. The van der Waals surface area contributed by atoms with E-state index < -0.39 is 0 Å². The molecule has 0 aliphatic heterocycles. The number of nitrogens with one attached hydrogen (secondary N) is 1. The van der Waals surface area contributed by atoms with Crippen LogP contribution in [0.2, 0.25) is 0 Å². The van der Waals surface area contributed by atoms with Crippen LogP contribution < -0.4 is 11.1 Å². The molecule has 0 aliphatic carbocycles. The van der Waals surface area contributed by atoms with E-state index in [9.17, 15) is 9.18 Å². The van der Waals surface area contributed by atoms with Crippen molar-refractivity contribution in [3.63, 3.8) is 0 Å². The van der Waals surface area contributed by atoms with Gasteiger partial charge >= 0.3 is 0 Å². The summed E-state index contributed by atoms with van der Waals surface area (Å²) < 4.78 is 13.5. The minimum Gasteiger partial charge on any atom is -0.348 e. The quantitative estimate of drug-likeness (QED) is 0.847. The van der Waals surface area contributed by atoms with Gasteiger partial charge in [0.15, 0.2) is 0 Å². The number of carbonyl (C=O) groups is 1. The molecule has 3 N–H and O–H groups in total. The molecule has 4 heteroatoms. The molecule has 0 bridgehead atoms. The minimum absolute atomic E-state index is 0.129. The van der Waals surface area contributed by atoms with Crippen LogP contribution in [0.1, 0.15) is 21.5 Å². The van der Waals surface area contributed by atoms with E-state index in [0.29, 0.717) is 16.7 Å². The molecule has 0 saturated heterocycles. The predicted octanol–water partition coefficient (Wildman–Crippen LogP) is 2.07. The first-order chi connectivity index (χ1) is 10.2. The highest BCUT2D eigenvalue weighted by atomic mass is 19.1. The Bertz CT molecular complexity index is 701. The van der Waals surface area contributed by atoms with Crippen LogP contribution in [0, 0.1) is 17.7 Å². The molecule has 21 heavy (non-hydrogen) atoms. The highest BCUT2D eigenvalue weighted by Crippen LogP contribution is 2.09. The van der Waals surface area contributed by atoms with Crippen LogP contribution in [0.15, 0.2) is 48.5 Å². The van der Waals surface area contributed by atoms with Gasteiger partial charge in [-0.1, -0.05) is 42.2 Å². The molecule has 1 amide bonds. The molecule has 0 spiro atoms. The smallest absolute Gasteiger partial charge is 0.252 e. The molecular formula is C17H15FN2O. The third-order valence-corrected chi connectivity index (χ3v) is 2.89. The SMILES string of the molecule is NCC#Cc1ccccc1C(=O)NCc1ccccc1F. The predicted molar refractivity (Wildman–Crippen MR) is 79.9 cm³/mol. The van der Waals surface area contributed by atoms with Crippen LogP contribution >= 0.6 is 0 Å². The number of hydrogen-bond acceptors (Lipinski definition) is 2. The molecule has 2 rings (SSSR count). The van der Waals surface area contributed by atoms with E-state index in [0.717, 1.165) is 0 Å². The lowest BCUT2D eigenvalue weighted by Crippen LogP contribution is -2.24. The Hall–Kier alpha value is -2.64. The van der Waals surface area contributed by atoms with Gasteiger partial charge in [0.25, 0.3) is 5.91 Å². The maximum absolute atomic E-state index is 13.5. The summed E-state index contributed by atoms with van der Waals surface area (Å²) in [6.45, 7) is 0.356. The maximum atomic E-state index is 13.5. The Morgan fingerprint density at radius 3 is 2.62 bits per heavy atom. The number of nitrogens with two attached hydrogens (primary N) is 1. The fourth-order valence-corrected chi connectivity index (χ4v) is 1.85. The van der Waals surface area contributed by atoms with Crippen LogP contribution in [-0.2, 0) is 6.54 Å². The van der Waals surface area contributed by atoms with Gasteiger partial charge in [0, 0.05) is 17.7 Å². The van der Waals surface area contributed by atoms with Crippen molar-refractivity contribution in [2.24, 2.45) is 5.73 Å². The number of carbonyl (C=O) groups excluding carboxylic acids is 1. The van der Waals surface area contributed by atoms with Gasteiger partial charge in [0.2, 0.25) is 0 Å². The number of benzene rings is 2. The molecule has 0 saturated carbocycles. The normalized spacial score (nSPS) is 9.62. The molecule has 3 nitrogen and oxygen atoms in total. The van der Waals surface area contributed by atoms with Gasteiger partial charge < -0.3 is 11.1 Å². The highest BCUT2D eigenvalue weighted by molar-refractivity contribution is 5.96. The molecule has 0 aromatic heterocycles. The van der Waals surface area contributed by atoms with Crippen molar-refractivity contribution >= 4 is 5.91 Å². The van der Waals surface area contributed by atoms with E-state index in [1.807, 2.05) is 0 Å². The first-order valence-corrected chi connectivity index (χ1v) is 6.52. The van der Waals surface area contributed by atoms with Crippen LogP contribution in [0.3, 0.4) is 0 Å². The van der Waals surface area contributed by atoms with Crippen molar-refractivity contribution in [3.8, 4) is 11.8 Å². The van der Waals surface area contributed by atoms with E-state index in [1.165, 1.54) is 6.07 Å². The van der Waals surface area contributed by atoms with Crippen molar-refractivity contribution < 1.29 is 9.18 Å². The van der Waals surface area contributed by atoms with E-state index >= 15 is 0 Å². The van der Waals surface area contributed by atoms with Crippen molar-refractivity contribution in [1.29, 1.82) is 0 Å². The Kier molecular flexibility index (Phi) is 5.08. The minimum atomic E-state index is -0.339. The number of amides is 1. The molecule has 2 aromatic carbocycles. The molecular weight excluding hydrogens is 267 g/mol. The van der Waals surface area contributed by atoms with Crippen LogP contribution in [0.5, 0.6) is 0 Å². The van der Waals surface area contributed by atoms with E-state index in [-0.39, 0.29) is 24.8 Å². The molecule has 0 aliphatic rings. The van der Waals surface area contributed by atoms with E-state index in [2.05, 4.69) is 17.2 Å². The zero-order valence-corrected chi connectivity index (χ0v) is 11.4. The fourth-order valence-electron chi connectivity index (χ4n) is 1.85. The van der Waals surface area contributed by atoms with Crippen LogP contribution in [0.25, 0.3) is 0 Å². The van der Waals surface area contributed by atoms with Gasteiger partial charge in [-0.15, -0.1) is 0 Å². The number of hydrogen-bond donors (Lipinski definition) is 2. The van der Waals surface area contributed by atoms with Crippen molar-refractivity contribution in [2.75, 3.05) is 6.54 Å². The summed E-state index contributed by atoms with van der Waals surface area (Å²) in [5.74, 6) is 4.94.